The summed E-state index contributed by atoms with van der Waals surface area (Å²) in [5, 5.41) is 13.9. The Morgan fingerprint density at radius 1 is 1.26 bits per heavy atom. The summed E-state index contributed by atoms with van der Waals surface area (Å²) in [6, 6.07) is 8.66. The highest BCUT2D eigenvalue weighted by molar-refractivity contribution is 7.99. The summed E-state index contributed by atoms with van der Waals surface area (Å²) in [5.41, 5.74) is 1.31. The van der Waals surface area contributed by atoms with Crippen molar-refractivity contribution in [2.75, 3.05) is 17.6 Å². The van der Waals surface area contributed by atoms with Crippen LogP contribution >= 0.6 is 23.1 Å². The Bertz CT molecular complexity index is 532. The molecule has 2 aromatic rings. The first kappa shape index (κ1) is 12.9. The molecule has 1 fully saturated rings. The molecule has 3 nitrogen and oxygen atoms in total. The van der Waals surface area contributed by atoms with Crippen LogP contribution in [0.2, 0.25) is 0 Å². The van der Waals surface area contributed by atoms with Gasteiger partial charge in [-0.05, 0) is 31.9 Å². The van der Waals surface area contributed by atoms with Gasteiger partial charge in [0.25, 0.3) is 0 Å². The largest absolute Gasteiger partial charge is 0.359 e. The highest BCUT2D eigenvalue weighted by atomic mass is 32.2. The Morgan fingerprint density at radius 2 is 2.05 bits per heavy atom. The number of anilines is 1. The average Bonchev–Trinajstić information content (AvgIpc) is 3.17. The zero-order valence-corrected chi connectivity index (χ0v) is 12.6. The van der Waals surface area contributed by atoms with Gasteiger partial charge in [-0.3, -0.25) is 0 Å². The zero-order valence-electron chi connectivity index (χ0n) is 10.9. The monoisotopic (exact) mass is 291 g/mol. The lowest BCUT2D eigenvalue weighted by Crippen LogP contribution is -2.03. The van der Waals surface area contributed by atoms with E-state index in [2.05, 4.69) is 46.7 Å². The van der Waals surface area contributed by atoms with Gasteiger partial charge in [-0.15, -0.1) is 22.0 Å². The number of hydrogen-bond acceptors (Lipinski definition) is 5. The average molecular weight is 291 g/mol. The molecule has 1 N–H and O–H groups in total. The Balaban J connectivity index is 1.41. The molecule has 19 heavy (non-hydrogen) atoms. The van der Waals surface area contributed by atoms with Crippen LogP contribution in [0.4, 0.5) is 5.13 Å². The molecule has 1 heterocycles. The minimum absolute atomic E-state index is 0.704. The molecule has 1 saturated carbocycles. The molecule has 0 aliphatic heterocycles. The lowest BCUT2D eigenvalue weighted by molar-refractivity contribution is 0.972. The topological polar surface area (TPSA) is 37.8 Å². The van der Waals surface area contributed by atoms with Crippen molar-refractivity contribution in [1.29, 1.82) is 0 Å². The number of aromatic nitrogens is 2. The first-order valence-corrected chi connectivity index (χ1v) is 8.38. The quantitative estimate of drug-likeness (QED) is 0.646. The second kappa shape index (κ2) is 5.92. The van der Waals surface area contributed by atoms with E-state index < -0.39 is 0 Å². The summed E-state index contributed by atoms with van der Waals surface area (Å²) in [6.07, 6.45) is 2.58. The van der Waals surface area contributed by atoms with E-state index in [4.69, 9.17) is 0 Å². The van der Waals surface area contributed by atoms with Gasteiger partial charge in [0, 0.05) is 23.1 Å². The molecule has 100 valence electrons. The molecule has 0 unspecified atom stereocenters. The van der Waals surface area contributed by atoms with Crippen molar-refractivity contribution < 1.29 is 0 Å². The summed E-state index contributed by atoms with van der Waals surface area (Å²) in [4.78, 5) is 1.32. The molecule has 0 amide bonds. The second-order valence-electron chi connectivity index (χ2n) is 4.81. The Labute approximate surface area is 121 Å². The van der Waals surface area contributed by atoms with Crippen LogP contribution in [0.15, 0.2) is 29.2 Å². The molecule has 1 aliphatic rings. The van der Waals surface area contributed by atoms with Crippen LogP contribution in [0.1, 0.15) is 29.3 Å². The van der Waals surface area contributed by atoms with Gasteiger partial charge in [0.2, 0.25) is 5.13 Å². The van der Waals surface area contributed by atoms with E-state index in [0.717, 1.165) is 17.4 Å². The van der Waals surface area contributed by atoms with Gasteiger partial charge >= 0.3 is 0 Å². The summed E-state index contributed by atoms with van der Waals surface area (Å²) in [6.45, 7) is 3.04. The summed E-state index contributed by atoms with van der Waals surface area (Å²) >= 11 is 3.58. The highest BCUT2D eigenvalue weighted by Crippen LogP contribution is 2.41. The van der Waals surface area contributed by atoms with Crippen LogP contribution in [-0.4, -0.2) is 22.5 Å². The molecule has 0 saturated heterocycles. The molecule has 1 aliphatic carbocycles. The third-order valence-corrected chi connectivity index (χ3v) is 5.09. The van der Waals surface area contributed by atoms with E-state index in [0.29, 0.717) is 5.92 Å². The normalized spacial score (nSPS) is 14.6. The predicted molar refractivity (Wildman–Crippen MR) is 82.3 cm³/mol. The van der Waals surface area contributed by atoms with Gasteiger partial charge in [0.1, 0.15) is 5.01 Å². The van der Waals surface area contributed by atoms with Gasteiger partial charge in [0.05, 0.1) is 0 Å². The van der Waals surface area contributed by atoms with Crippen molar-refractivity contribution in [2.24, 2.45) is 0 Å². The van der Waals surface area contributed by atoms with Crippen molar-refractivity contribution in [3.63, 3.8) is 0 Å². The van der Waals surface area contributed by atoms with Crippen LogP contribution in [0.25, 0.3) is 0 Å². The van der Waals surface area contributed by atoms with E-state index >= 15 is 0 Å². The van der Waals surface area contributed by atoms with E-state index in [1.807, 2.05) is 11.8 Å². The molecule has 1 aromatic heterocycles. The molecule has 0 spiro atoms. The lowest BCUT2D eigenvalue weighted by Gasteiger charge is -2.03. The lowest BCUT2D eigenvalue weighted by atomic mass is 10.2. The summed E-state index contributed by atoms with van der Waals surface area (Å²) < 4.78 is 0. The first-order chi connectivity index (χ1) is 9.31. The number of nitrogens with zero attached hydrogens (tertiary/aromatic N) is 2. The molecule has 5 heteroatoms. The highest BCUT2D eigenvalue weighted by Gasteiger charge is 2.27. The number of thioether (sulfide) groups is 1. The molecule has 1 aromatic carbocycles. The first-order valence-electron chi connectivity index (χ1n) is 6.58. The van der Waals surface area contributed by atoms with Crippen LogP contribution in [0, 0.1) is 6.92 Å². The van der Waals surface area contributed by atoms with E-state index in [9.17, 15) is 0 Å². The van der Waals surface area contributed by atoms with Crippen molar-refractivity contribution in [2.45, 2.75) is 30.6 Å². The van der Waals surface area contributed by atoms with Crippen LogP contribution in [0.5, 0.6) is 0 Å². The number of rotatable bonds is 6. The molecule has 0 radical (unpaired) electrons. The number of hydrogen-bond donors (Lipinski definition) is 1. The van der Waals surface area contributed by atoms with E-state index in [-0.39, 0.29) is 0 Å². The number of benzene rings is 1. The van der Waals surface area contributed by atoms with Gasteiger partial charge in [0.15, 0.2) is 0 Å². The second-order valence-corrected chi connectivity index (χ2v) is 6.99. The van der Waals surface area contributed by atoms with Crippen LogP contribution in [0.3, 0.4) is 0 Å². The van der Waals surface area contributed by atoms with Crippen LogP contribution in [-0.2, 0) is 0 Å². The molecule has 0 atom stereocenters. The number of nitrogens with one attached hydrogen (secondary N) is 1. The smallest absolute Gasteiger partial charge is 0.205 e. The zero-order chi connectivity index (χ0) is 13.1. The minimum atomic E-state index is 0.704. The standard InChI is InChI=1S/C14H17N3S2/c1-10-2-6-12(7-3-10)18-9-8-15-14-17-16-13(19-14)11-4-5-11/h2-3,6-7,11H,4-5,8-9H2,1H3,(H,15,17). The Kier molecular flexibility index (Phi) is 4.03. The van der Waals surface area contributed by atoms with Crippen LogP contribution < -0.4 is 5.32 Å². The molecule has 3 rings (SSSR count). The fourth-order valence-electron chi connectivity index (χ4n) is 1.76. The molecule has 0 bridgehead atoms. The maximum Gasteiger partial charge on any atom is 0.205 e. The maximum absolute atomic E-state index is 4.22. The van der Waals surface area contributed by atoms with Gasteiger partial charge in [-0.2, -0.15) is 0 Å². The third-order valence-electron chi connectivity index (χ3n) is 3.04. The van der Waals surface area contributed by atoms with E-state index in [1.54, 1.807) is 11.3 Å². The maximum atomic E-state index is 4.22. The Morgan fingerprint density at radius 3 is 2.79 bits per heavy atom. The summed E-state index contributed by atoms with van der Waals surface area (Å²) in [5.74, 6) is 1.75. The fourth-order valence-corrected chi connectivity index (χ4v) is 3.47. The van der Waals surface area contributed by atoms with Gasteiger partial charge < -0.3 is 5.32 Å². The number of aryl methyl sites for hydroxylation is 1. The molecular weight excluding hydrogens is 274 g/mol. The van der Waals surface area contributed by atoms with Crippen molar-refractivity contribution in [1.82, 2.24) is 10.2 Å². The molecular formula is C14H17N3S2. The Hall–Kier alpha value is -1.07. The van der Waals surface area contributed by atoms with Gasteiger partial charge in [-0.25, -0.2) is 0 Å². The SMILES string of the molecule is Cc1ccc(SCCNc2nnc(C3CC3)s2)cc1. The summed E-state index contributed by atoms with van der Waals surface area (Å²) in [7, 11) is 0. The fraction of sp³-hybridized carbons (Fsp3) is 0.429. The third kappa shape index (κ3) is 3.70. The predicted octanol–water partition coefficient (Wildman–Crippen LogP) is 3.93. The van der Waals surface area contributed by atoms with Crippen molar-refractivity contribution in [3.05, 3.63) is 34.8 Å². The van der Waals surface area contributed by atoms with Crippen molar-refractivity contribution >= 4 is 28.2 Å². The minimum Gasteiger partial charge on any atom is -0.359 e. The van der Waals surface area contributed by atoms with Crippen molar-refractivity contribution in [3.8, 4) is 0 Å². The van der Waals surface area contributed by atoms with Gasteiger partial charge in [-0.1, -0.05) is 29.0 Å². The van der Waals surface area contributed by atoms with E-state index in [1.165, 1.54) is 28.3 Å².